The van der Waals surface area contributed by atoms with E-state index in [-0.39, 0.29) is 5.56 Å². The molecule has 1 aliphatic heterocycles. The van der Waals surface area contributed by atoms with Crippen molar-refractivity contribution in [3.05, 3.63) is 26.7 Å². The molecule has 0 saturated carbocycles. The molecule has 1 fully saturated rings. The first-order valence-electron chi connectivity index (χ1n) is 7.23. The highest BCUT2D eigenvalue weighted by molar-refractivity contribution is 5.70. The van der Waals surface area contributed by atoms with Crippen LogP contribution in [-0.2, 0) is 20.1 Å². The lowest BCUT2D eigenvalue weighted by atomic mass is 10.3. The Morgan fingerprint density at radius 1 is 1.24 bits per heavy atom. The number of H-pyrrole nitrogens is 1. The second-order valence-electron chi connectivity index (χ2n) is 5.29. The van der Waals surface area contributed by atoms with Crippen molar-refractivity contribution in [2.75, 3.05) is 26.2 Å². The molecule has 8 nitrogen and oxygen atoms in total. The normalized spacial score (nSPS) is 16.7. The third kappa shape index (κ3) is 2.40. The van der Waals surface area contributed by atoms with Gasteiger partial charge < -0.3 is 9.88 Å². The van der Waals surface area contributed by atoms with Gasteiger partial charge in [0.1, 0.15) is 5.82 Å². The highest BCUT2D eigenvalue weighted by Gasteiger charge is 2.19. The van der Waals surface area contributed by atoms with Crippen molar-refractivity contribution in [3.63, 3.8) is 0 Å². The van der Waals surface area contributed by atoms with Crippen LogP contribution in [-0.4, -0.2) is 50.2 Å². The van der Waals surface area contributed by atoms with Crippen LogP contribution >= 0.6 is 0 Å². The van der Waals surface area contributed by atoms with Gasteiger partial charge in [-0.15, -0.1) is 0 Å². The van der Waals surface area contributed by atoms with E-state index < -0.39 is 5.69 Å². The summed E-state index contributed by atoms with van der Waals surface area (Å²) in [4.78, 5) is 33.0. The highest BCUT2D eigenvalue weighted by atomic mass is 16.2. The molecule has 2 aromatic heterocycles. The van der Waals surface area contributed by atoms with Gasteiger partial charge in [0, 0.05) is 39.8 Å². The van der Waals surface area contributed by atoms with Crippen molar-refractivity contribution >= 4 is 11.2 Å². The molecule has 3 rings (SSSR count). The van der Waals surface area contributed by atoms with E-state index in [1.165, 1.54) is 4.57 Å². The Hall–Kier alpha value is -1.93. The van der Waals surface area contributed by atoms with Gasteiger partial charge in [-0.1, -0.05) is 0 Å². The van der Waals surface area contributed by atoms with Crippen LogP contribution in [0.2, 0.25) is 0 Å². The van der Waals surface area contributed by atoms with E-state index in [0.717, 1.165) is 32.0 Å². The highest BCUT2D eigenvalue weighted by Crippen LogP contribution is 2.13. The van der Waals surface area contributed by atoms with Crippen LogP contribution in [0.25, 0.3) is 11.2 Å². The Morgan fingerprint density at radius 3 is 2.62 bits per heavy atom. The predicted molar refractivity (Wildman–Crippen MR) is 79.4 cm³/mol. The Morgan fingerprint density at radius 2 is 1.95 bits per heavy atom. The van der Waals surface area contributed by atoms with Crippen molar-refractivity contribution in [2.24, 2.45) is 7.05 Å². The molecule has 0 spiro atoms. The van der Waals surface area contributed by atoms with Crippen LogP contribution in [0.4, 0.5) is 0 Å². The number of hydrogen-bond donors (Lipinski definition) is 2. The van der Waals surface area contributed by atoms with Crippen molar-refractivity contribution in [2.45, 2.75) is 20.0 Å². The molecule has 2 aromatic rings. The topological polar surface area (TPSA) is 88.0 Å². The molecular formula is C13H20N6O2. The van der Waals surface area contributed by atoms with Gasteiger partial charge in [0.15, 0.2) is 11.2 Å². The van der Waals surface area contributed by atoms with Crippen LogP contribution in [0.15, 0.2) is 9.59 Å². The van der Waals surface area contributed by atoms with Crippen molar-refractivity contribution in [1.29, 1.82) is 0 Å². The number of rotatable bonds is 3. The maximum atomic E-state index is 12.1. The molecule has 8 heteroatoms. The summed E-state index contributed by atoms with van der Waals surface area (Å²) in [6.45, 7) is 7.17. The molecular weight excluding hydrogens is 272 g/mol. The molecule has 0 amide bonds. The van der Waals surface area contributed by atoms with Gasteiger partial charge in [0.2, 0.25) is 0 Å². The third-order valence-corrected chi connectivity index (χ3v) is 3.98. The number of aryl methyl sites for hydroxylation is 2. The van der Waals surface area contributed by atoms with E-state index >= 15 is 0 Å². The molecule has 0 unspecified atom stereocenters. The summed E-state index contributed by atoms with van der Waals surface area (Å²) in [5.41, 5.74) is 0.136. The van der Waals surface area contributed by atoms with Crippen LogP contribution in [0.5, 0.6) is 0 Å². The van der Waals surface area contributed by atoms with Crippen molar-refractivity contribution < 1.29 is 0 Å². The number of piperazine rings is 1. The van der Waals surface area contributed by atoms with E-state index in [9.17, 15) is 9.59 Å². The fourth-order valence-electron chi connectivity index (χ4n) is 2.81. The average molecular weight is 292 g/mol. The van der Waals surface area contributed by atoms with Gasteiger partial charge in [-0.05, 0) is 6.92 Å². The smallest absolute Gasteiger partial charge is 0.321 e. The molecule has 21 heavy (non-hydrogen) atoms. The van der Waals surface area contributed by atoms with Crippen LogP contribution in [0, 0.1) is 0 Å². The molecule has 0 radical (unpaired) electrons. The second-order valence-corrected chi connectivity index (χ2v) is 5.29. The minimum Gasteiger partial charge on any atom is -0.321 e. The van der Waals surface area contributed by atoms with E-state index in [1.807, 2.05) is 11.5 Å². The number of fused-ring (bicyclic) bond motifs is 1. The van der Waals surface area contributed by atoms with Gasteiger partial charge in [0.25, 0.3) is 5.56 Å². The Labute approximate surface area is 121 Å². The number of nitrogens with one attached hydrogen (secondary N) is 2. The summed E-state index contributed by atoms with van der Waals surface area (Å²) in [6, 6.07) is 0. The lowest BCUT2D eigenvalue weighted by Gasteiger charge is -2.26. The lowest BCUT2D eigenvalue weighted by molar-refractivity contribution is 0.225. The summed E-state index contributed by atoms with van der Waals surface area (Å²) in [5.74, 6) is 0.834. The van der Waals surface area contributed by atoms with Gasteiger partial charge >= 0.3 is 5.69 Å². The number of hydrogen-bond acceptors (Lipinski definition) is 5. The molecule has 1 saturated heterocycles. The number of aromatic nitrogens is 4. The predicted octanol–water partition coefficient (Wildman–Crippen LogP) is -1.15. The van der Waals surface area contributed by atoms with Gasteiger partial charge in [0.05, 0.1) is 6.54 Å². The first kappa shape index (κ1) is 14.0. The zero-order valence-corrected chi connectivity index (χ0v) is 12.3. The van der Waals surface area contributed by atoms with E-state index in [0.29, 0.717) is 24.3 Å². The summed E-state index contributed by atoms with van der Waals surface area (Å²) < 4.78 is 3.29. The maximum absolute atomic E-state index is 12.1. The van der Waals surface area contributed by atoms with E-state index in [4.69, 9.17) is 0 Å². The second kappa shape index (κ2) is 5.45. The van der Waals surface area contributed by atoms with Crippen molar-refractivity contribution in [3.8, 4) is 0 Å². The van der Waals surface area contributed by atoms with Crippen LogP contribution in [0.3, 0.4) is 0 Å². The minimum absolute atomic E-state index is 0.367. The third-order valence-electron chi connectivity index (χ3n) is 3.98. The summed E-state index contributed by atoms with van der Waals surface area (Å²) in [7, 11) is 1.63. The first-order valence-corrected chi connectivity index (χ1v) is 7.23. The van der Waals surface area contributed by atoms with Crippen LogP contribution < -0.4 is 16.6 Å². The molecule has 0 aromatic carbocycles. The maximum Gasteiger partial charge on any atom is 0.329 e. The molecule has 0 atom stereocenters. The van der Waals surface area contributed by atoms with Crippen LogP contribution in [0.1, 0.15) is 12.7 Å². The molecule has 0 bridgehead atoms. The summed E-state index contributed by atoms with van der Waals surface area (Å²) >= 11 is 0. The zero-order valence-electron chi connectivity index (χ0n) is 12.3. The van der Waals surface area contributed by atoms with Gasteiger partial charge in [-0.25, -0.2) is 9.78 Å². The van der Waals surface area contributed by atoms with Crippen molar-refractivity contribution in [1.82, 2.24) is 29.3 Å². The number of imidazole rings is 1. The lowest BCUT2D eigenvalue weighted by Crippen LogP contribution is -2.43. The summed E-state index contributed by atoms with van der Waals surface area (Å²) in [6.07, 6.45) is 0. The fraction of sp³-hybridized carbons (Fsp3) is 0.615. The number of nitrogens with zero attached hydrogens (tertiary/aromatic N) is 4. The molecule has 3 heterocycles. The Kier molecular flexibility index (Phi) is 3.64. The van der Waals surface area contributed by atoms with E-state index in [2.05, 4.69) is 20.2 Å². The quantitative estimate of drug-likeness (QED) is 0.746. The standard InChI is InChI=1S/C13H20N6O2/c1-3-19-9(8-18-6-4-14-5-7-18)15-11-10(19)12(20)16-13(21)17(11)2/h14H,3-8H2,1-2H3,(H,16,20,21). The Bertz CT molecular complexity index is 765. The van der Waals surface area contributed by atoms with Gasteiger partial charge in [-0.2, -0.15) is 0 Å². The molecule has 114 valence electrons. The Balaban J connectivity index is 2.10. The minimum atomic E-state index is -0.429. The molecule has 0 aliphatic carbocycles. The zero-order chi connectivity index (χ0) is 15.0. The summed E-state index contributed by atoms with van der Waals surface area (Å²) in [5, 5.41) is 3.31. The van der Waals surface area contributed by atoms with Gasteiger partial charge in [-0.3, -0.25) is 19.2 Å². The molecule has 1 aliphatic rings. The number of aromatic amines is 1. The SMILES string of the molecule is CCn1c(CN2CCNCC2)nc2c1c(=O)[nH]c(=O)n2C. The largest absolute Gasteiger partial charge is 0.329 e. The molecule has 2 N–H and O–H groups in total. The van der Waals surface area contributed by atoms with E-state index in [1.54, 1.807) is 7.05 Å². The first-order chi connectivity index (χ1) is 10.1. The monoisotopic (exact) mass is 292 g/mol. The fourth-order valence-corrected chi connectivity index (χ4v) is 2.81. The average Bonchev–Trinajstić information content (AvgIpc) is 2.85.